The number of hydrogen-bond donors (Lipinski definition) is 0. The number of carbonyl (C=O) groups excluding carboxylic acids is 1. The average Bonchev–Trinajstić information content (AvgIpc) is 3.16. The molecule has 4 rings (SSSR count). The number of anilines is 2. The molecule has 0 unspecified atom stereocenters. The fourth-order valence-electron chi connectivity index (χ4n) is 3.12. The van der Waals surface area contributed by atoms with Gasteiger partial charge in [0, 0.05) is 31.0 Å². The van der Waals surface area contributed by atoms with Crippen molar-refractivity contribution in [2.75, 3.05) is 23.4 Å². The van der Waals surface area contributed by atoms with Gasteiger partial charge in [-0.1, -0.05) is 11.6 Å². The largest absolute Gasteiger partial charge is 0.343 e. The third-order valence-corrected chi connectivity index (χ3v) is 5.00. The summed E-state index contributed by atoms with van der Waals surface area (Å²) in [5, 5.41) is 0.0181. The van der Waals surface area contributed by atoms with Crippen LogP contribution in [0, 0.1) is 5.82 Å². The minimum Gasteiger partial charge on any atom is -0.343 e. The maximum absolute atomic E-state index is 13.5. The lowest BCUT2D eigenvalue weighted by Crippen LogP contribution is -2.47. The van der Waals surface area contributed by atoms with Gasteiger partial charge in [0.15, 0.2) is 5.82 Å². The number of nitrogens with zero attached hydrogens (tertiary/aromatic N) is 6. The topological polar surface area (TPSA) is 67.2 Å². The first kappa shape index (κ1) is 18.4. The van der Waals surface area contributed by atoms with Crippen LogP contribution in [0.3, 0.4) is 0 Å². The van der Waals surface area contributed by atoms with E-state index in [1.54, 1.807) is 41.2 Å². The Balaban J connectivity index is 1.82. The van der Waals surface area contributed by atoms with Crippen LogP contribution in [0.4, 0.5) is 15.9 Å². The van der Waals surface area contributed by atoms with Crippen molar-refractivity contribution < 1.29 is 9.18 Å². The van der Waals surface area contributed by atoms with Gasteiger partial charge >= 0.3 is 0 Å². The highest BCUT2D eigenvalue weighted by Gasteiger charge is 2.30. The maximum Gasteiger partial charge on any atom is 0.246 e. The van der Waals surface area contributed by atoms with Crippen molar-refractivity contribution >= 4 is 29.0 Å². The van der Waals surface area contributed by atoms with Crippen molar-refractivity contribution in [2.24, 2.45) is 0 Å². The molecule has 1 amide bonds. The summed E-state index contributed by atoms with van der Waals surface area (Å²) in [5.41, 5.74) is 1.30. The third kappa shape index (κ3) is 2.99. The highest BCUT2D eigenvalue weighted by molar-refractivity contribution is 6.31. The van der Waals surface area contributed by atoms with Crippen LogP contribution in [0.15, 0.2) is 36.8 Å². The number of fused-ring (bicyclic) bond motifs is 1. The number of rotatable bonds is 3. The van der Waals surface area contributed by atoms with Gasteiger partial charge in [-0.2, -0.15) is 4.98 Å². The fraction of sp³-hybridized carbons (Fsp3) is 0.263. The van der Waals surface area contributed by atoms with Gasteiger partial charge in [-0.3, -0.25) is 9.36 Å². The minimum atomic E-state index is -0.492. The lowest BCUT2D eigenvalue weighted by molar-refractivity contribution is -0.117. The molecule has 0 atom stereocenters. The van der Waals surface area contributed by atoms with Crippen molar-refractivity contribution in [1.82, 2.24) is 19.5 Å². The van der Waals surface area contributed by atoms with E-state index in [1.807, 2.05) is 18.7 Å². The fourth-order valence-corrected chi connectivity index (χ4v) is 3.30. The van der Waals surface area contributed by atoms with Crippen molar-refractivity contribution in [3.05, 3.63) is 47.6 Å². The van der Waals surface area contributed by atoms with Crippen LogP contribution >= 0.6 is 11.6 Å². The Kier molecular flexibility index (Phi) is 4.50. The van der Waals surface area contributed by atoms with E-state index in [2.05, 4.69) is 9.97 Å². The molecule has 7 nitrogen and oxygen atoms in total. The van der Waals surface area contributed by atoms with Crippen LogP contribution in [0.25, 0.3) is 17.3 Å². The van der Waals surface area contributed by atoms with Crippen molar-refractivity contribution in [2.45, 2.75) is 19.9 Å². The number of likely N-dealkylation sites (N-methyl/N-ethyl adjacent to an activating group) is 1. The van der Waals surface area contributed by atoms with E-state index in [1.165, 1.54) is 12.1 Å². The Bertz CT molecular complexity index is 1070. The Labute approximate surface area is 166 Å². The molecular weight excluding hydrogens is 383 g/mol. The van der Waals surface area contributed by atoms with E-state index in [4.69, 9.17) is 16.6 Å². The van der Waals surface area contributed by atoms with E-state index in [-0.39, 0.29) is 23.5 Å². The zero-order valence-corrected chi connectivity index (χ0v) is 16.4. The van der Waals surface area contributed by atoms with Gasteiger partial charge in [-0.25, -0.2) is 14.4 Å². The first-order valence-electron chi connectivity index (χ1n) is 8.76. The minimum absolute atomic E-state index is 0.0122. The summed E-state index contributed by atoms with van der Waals surface area (Å²) in [4.78, 5) is 29.2. The summed E-state index contributed by atoms with van der Waals surface area (Å²) < 4.78 is 15.2. The van der Waals surface area contributed by atoms with Crippen molar-refractivity contribution in [3.8, 4) is 17.3 Å². The summed E-state index contributed by atoms with van der Waals surface area (Å²) in [5.74, 6) is 1.12. The first-order valence-corrected chi connectivity index (χ1v) is 9.14. The van der Waals surface area contributed by atoms with E-state index in [9.17, 15) is 9.18 Å². The summed E-state index contributed by atoms with van der Waals surface area (Å²) in [6, 6.07) is 4.51. The number of hydrogen-bond acceptors (Lipinski definition) is 5. The Morgan fingerprint density at radius 3 is 2.75 bits per heavy atom. The van der Waals surface area contributed by atoms with Crippen LogP contribution in [-0.2, 0) is 4.79 Å². The number of benzene rings is 1. The molecule has 9 heteroatoms. The van der Waals surface area contributed by atoms with Gasteiger partial charge in [-0.15, -0.1) is 0 Å². The predicted molar refractivity (Wildman–Crippen MR) is 105 cm³/mol. The highest BCUT2D eigenvalue weighted by Crippen LogP contribution is 2.33. The lowest BCUT2D eigenvalue weighted by Gasteiger charge is -2.36. The van der Waals surface area contributed by atoms with E-state index >= 15 is 0 Å². The molecule has 0 radical (unpaired) electrons. The standard InChI is InChI=1S/C19H18ClFN6O/c1-11(2)27-10-16(28)25(3)15-9-23-19(24-18(15)27)26-7-6-22-17(26)12-4-5-14(21)13(20)8-12/h4-9,11H,10H2,1-3H3. The molecule has 0 bridgehead atoms. The monoisotopic (exact) mass is 400 g/mol. The van der Waals surface area contributed by atoms with E-state index < -0.39 is 5.82 Å². The summed E-state index contributed by atoms with van der Waals surface area (Å²) in [6.07, 6.45) is 4.97. The number of aromatic nitrogens is 4. The maximum atomic E-state index is 13.5. The van der Waals surface area contributed by atoms with Crippen LogP contribution in [0.2, 0.25) is 5.02 Å². The highest BCUT2D eigenvalue weighted by atomic mass is 35.5. The van der Waals surface area contributed by atoms with Crippen molar-refractivity contribution in [3.63, 3.8) is 0 Å². The van der Waals surface area contributed by atoms with Gasteiger partial charge < -0.3 is 9.80 Å². The Hall–Kier alpha value is -3.00. The molecule has 0 aliphatic carbocycles. The predicted octanol–water partition coefficient (Wildman–Crippen LogP) is 3.31. The van der Waals surface area contributed by atoms with Gasteiger partial charge in [0.1, 0.15) is 17.3 Å². The molecule has 28 heavy (non-hydrogen) atoms. The second kappa shape index (κ2) is 6.87. The second-order valence-corrected chi connectivity index (χ2v) is 7.21. The molecule has 0 fully saturated rings. The molecule has 1 aromatic carbocycles. The molecule has 1 aliphatic heterocycles. The van der Waals surface area contributed by atoms with Crippen LogP contribution in [0.1, 0.15) is 13.8 Å². The summed E-state index contributed by atoms with van der Waals surface area (Å²) in [7, 11) is 1.71. The molecule has 3 heterocycles. The molecule has 2 aromatic heterocycles. The molecule has 1 aliphatic rings. The van der Waals surface area contributed by atoms with Crippen LogP contribution in [-0.4, -0.2) is 45.1 Å². The summed E-state index contributed by atoms with van der Waals surface area (Å²) >= 11 is 5.92. The zero-order valence-electron chi connectivity index (χ0n) is 15.6. The second-order valence-electron chi connectivity index (χ2n) is 6.80. The Morgan fingerprint density at radius 1 is 1.25 bits per heavy atom. The smallest absolute Gasteiger partial charge is 0.246 e. The lowest BCUT2D eigenvalue weighted by atomic mass is 10.2. The van der Waals surface area contributed by atoms with E-state index in [0.29, 0.717) is 28.8 Å². The summed E-state index contributed by atoms with van der Waals surface area (Å²) in [6.45, 7) is 4.27. The van der Waals surface area contributed by atoms with Gasteiger partial charge in [-0.05, 0) is 32.0 Å². The average molecular weight is 401 g/mol. The van der Waals surface area contributed by atoms with Gasteiger partial charge in [0.05, 0.1) is 17.8 Å². The molecular formula is C19H18ClFN6O. The van der Waals surface area contributed by atoms with Crippen LogP contribution < -0.4 is 9.80 Å². The Morgan fingerprint density at radius 2 is 2.04 bits per heavy atom. The number of carbonyl (C=O) groups is 1. The number of imidazole rings is 1. The molecule has 0 spiro atoms. The van der Waals surface area contributed by atoms with Gasteiger partial charge in [0.25, 0.3) is 0 Å². The van der Waals surface area contributed by atoms with Gasteiger partial charge in [0.2, 0.25) is 11.9 Å². The third-order valence-electron chi connectivity index (χ3n) is 4.71. The quantitative estimate of drug-likeness (QED) is 0.674. The number of halogens is 2. The molecule has 0 saturated heterocycles. The molecule has 144 valence electrons. The molecule has 0 N–H and O–H groups in total. The normalized spacial score (nSPS) is 14.0. The van der Waals surface area contributed by atoms with Crippen LogP contribution in [0.5, 0.6) is 0 Å². The SMILES string of the molecule is CC(C)N1CC(=O)N(C)c2cnc(-n3ccnc3-c3ccc(F)c(Cl)c3)nc21. The number of amides is 1. The first-order chi connectivity index (χ1) is 13.4. The zero-order chi connectivity index (χ0) is 20.0. The molecule has 3 aromatic rings. The molecule has 0 saturated carbocycles. The van der Waals surface area contributed by atoms with Crippen molar-refractivity contribution in [1.29, 1.82) is 0 Å². The van der Waals surface area contributed by atoms with E-state index in [0.717, 1.165) is 0 Å².